The van der Waals surface area contributed by atoms with Crippen molar-refractivity contribution in [1.82, 2.24) is 9.78 Å². The minimum absolute atomic E-state index is 0.0207. The number of anilines is 2. The summed E-state index contributed by atoms with van der Waals surface area (Å²) >= 11 is 0. The van der Waals surface area contributed by atoms with Crippen molar-refractivity contribution in [3.8, 4) is 0 Å². The predicted octanol–water partition coefficient (Wildman–Crippen LogP) is 1.77. The summed E-state index contributed by atoms with van der Waals surface area (Å²) in [5, 5.41) is 7.57. The van der Waals surface area contributed by atoms with Crippen molar-refractivity contribution in [2.45, 2.75) is 46.2 Å². The van der Waals surface area contributed by atoms with Gasteiger partial charge in [-0.2, -0.15) is 5.10 Å². The molecule has 1 saturated heterocycles. The van der Waals surface area contributed by atoms with Crippen LogP contribution in [0.1, 0.15) is 32.4 Å². The van der Waals surface area contributed by atoms with Crippen LogP contribution in [0.25, 0.3) is 0 Å². The summed E-state index contributed by atoms with van der Waals surface area (Å²) in [6.45, 7) is 8.01. The van der Waals surface area contributed by atoms with Crippen molar-refractivity contribution in [1.29, 1.82) is 0 Å². The monoisotopic (exact) mass is 248 g/mol. The van der Waals surface area contributed by atoms with Gasteiger partial charge in [0.15, 0.2) is 5.82 Å². The molecule has 5 heteroatoms. The van der Waals surface area contributed by atoms with Crippen LogP contribution in [-0.2, 0) is 11.3 Å². The van der Waals surface area contributed by atoms with Crippen LogP contribution in [0.3, 0.4) is 0 Å². The standard InChI is InChI=1S/C13H20N4O/c1-4-17-13-10(9(3)15-17)14-12(18)11-8(2)6-5-7-16(11)13/h8,11H,4-7H2,1-3H3,(H,14,18). The highest BCUT2D eigenvalue weighted by molar-refractivity contribution is 6.03. The number of carbonyl (C=O) groups is 1. The molecule has 1 amide bonds. The number of carbonyl (C=O) groups excluding carboxylic acids is 1. The van der Waals surface area contributed by atoms with E-state index in [0.717, 1.165) is 43.1 Å². The number of hydrogen-bond acceptors (Lipinski definition) is 3. The van der Waals surface area contributed by atoms with Crippen LogP contribution in [0.5, 0.6) is 0 Å². The Morgan fingerprint density at radius 1 is 1.50 bits per heavy atom. The fraction of sp³-hybridized carbons (Fsp3) is 0.692. The third kappa shape index (κ3) is 1.46. The van der Waals surface area contributed by atoms with Gasteiger partial charge in [0.2, 0.25) is 5.91 Å². The highest BCUT2D eigenvalue weighted by atomic mass is 16.2. The molecular weight excluding hydrogens is 228 g/mol. The first-order valence-corrected chi connectivity index (χ1v) is 6.78. The van der Waals surface area contributed by atoms with Crippen LogP contribution < -0.4 is 10.2 Å². The fourth-order valence-electron chi connectivity index (χ4n) is 3.25. The average Bonchev–Trinajstić information content (AvgIpc) is 2.66. The van der Waals surface area contributed by atoms with E-state index < -0.39 is 0 Å². The Morgan fingerprint density at radius 2 is 2.28 bits per heavy atom. The Balaban J connectivity index is 2.12. The molecule has 5 nitrogen and oxygen atoms in total. The van der Waals surface area contributed by atoms with Gasteiger partial charge in [-0.3, -0.25) is 4.79 Å². The van der Waals surface area contributed by atoms with E-state index in [-0.39, 0.29) is 11.9 Å². The van der Waals surface area contributed by atoms with Gasteiger partial charge in [0.05, 0.1) is 5.69 Å². The van der Waals surface area contributed by atoms with Crippen molar-refractivity contribution in [3.05, 3.63) is 5.69 Å². The van der Waals surface area contributed by atoms with E-state index in [4.69, 9.17) is 0 Å². The highest BCUT2D eigenvalue weighted by Crippen LogP contribution is 2.39. The molecule has 2 aliphatic rings. The van der Waals surface area contributed by atoms with E-state index in [0.29, 0.717) is 5.92 Å². The molecule has 0 aliphatic carbocycles. The van der Waals surface area contributed by atoms with Gasteiger partial charge in [-0.15, -0.1) is 0 Å². The summed E-state index contributed by atoms with van der Waals surface area (Å²) in [5.41, 5.74) is 1.82. The molecular formula is C13H20N4O. The Bertz CT molecular complexity index is 493. The SMILES string of the molecule is CCn1nc(C)c2c1N1CCCC(C)C1C(=O)N2. The molecule has 1 aromatic heterocycles. The van der Waals surface area contributed by atoms with E-state index >= 15 is 0 Å². The fourth-order valence-corrected chi connectivity index (χ4v) is 3.25. The van der Waals surface area contributed by atoms with Gasteiger partial charge in [-0.25, -0.2) is 4.68 Å². The molecule has 1 aromatic rings. The molecule has 98 valence electrons. The number of hydrogen-bond donors (Lipinski definition) is 1. The summed E-state index contributed by atoms with van der Waals surface area (Å²) in [6.07, 6.45) is 2.28. The van der Waals surface area contributed by atoms with Gasteiger partial charge < -0.3 is 10.2 Å². The molecule has 0 aromatic carbocycles. The van der Waals surface area contributed by atoms with E-state index in [9.17, 15) is 4.79 Å². The molecule has 2 atom stereocenters. The number of nitrogens with one attached hydrogen (secondary N) is 1. The first-order valence-electron chi connectivity index (χ1n) is 6.78. The Kier molecular flexibility index (Phi) is 2.57. The lowest BCUT2D eigenvalue weighted by Gasteiger charge is -2.43. The van der Waals surface area contributed by atoms with Crippen molar-refractivity contribution < 1.29 is 4.79 Å². The van der Waals surface area contributed by atoms with Crippen molar-refractivity contribution >= 4 is 17.4 Å². The van der Waals surface area contributed by atoms with Gasteiger partial charge in [0.1, 0.15) is 11.7 Å². The third-order valence-corrected chi connectivity index (χ3v) is 4.12. The van der Waals surface area contributed by atoms with Gasteiger partial charge >= 0.3 is 0 Å². The largest absolute Gasteiger partial charge is 0.343 e. The zero-order chi connectivity index (χ0) is 12.9. The zero-order valence-corrected chi connectivity index (χ0v) is 11.2. The van der Waals surface area contributed by atoms with Crippen LogP contribution in [-0.4, -0.2) is 28.3 Å². The summed E-state index contributed by atoms with van der Waals surface area (Å²) in [7, 11) is 0. The minimum Gasteiger partial charge on any atom is -0.343 e. The maximum atomic E-state index is 12.3. The van der Waals surface area contributed by atoms with Crippen LogP contribution in [0, 0.1) is 12.8 Å². The first kappa shape index (κ1) is 11.6. The summed E-state index contributed by atoms with van der Waals surface area (Å²) in [4.78, 5) is 14.5. The number of aromatic nitrogens is 2. The second-order valence-corrected chi connectivity index (χ2v) is 5.35. The van der Waals surface area contributed by atoms with Crippen molar-refractivity contribution in [3.63, 3.8) is 0 Å². The van der Waals surface area contributed by atoms with Crippen molar-refractivity contribution in [2.75, 3.05) is 16.8 Å². The molecule has 1 fully saturated rings. The van der Waals surface area contributed by atoms with E-state index in [2.05, 4.69) is 29.2 Å². The van der Waals surface area contributed by atoms with Crippen LogP contribution in [0.4, 0.5) is 11.5 Å². The molecule has 0 spiro atoms. The first-order chi connectivity index (χ1) is 8.63. The normalized spacial score (nSPS) is 26.6. The van der Waals surface area contributed by atoms with Crippen LogP contribution in [0.2, 0.25) is 0 Å². The average molecular weight is 248 g/mol. The summed E-state index contributed by atoms with van der Waals surface area (Å²) < 4.78 is 2.01. The van der Waals surface area contributed by atoms with E-state index in [1.807, 2.05) is 11.6 Å². The third-order valence-electron chi connectivity index (χ3n) is 4.12. The molecule has 3 heterocycles. The predicted molar refractivity (Wildman–Crippen MR) is 70.8 cm³/mol. The summed E-state index contributed by atoms with van der Waals surface area (Å²) in [6, 6.07) is -0.0207. The molecule has 2 aliphatic heterocycles. The number of fused-ring (bicyclic) bond motifs is 3. The molecule has 1 N–H and O–H groups in total. The molecule has 2 unspecified atom stereocenters. The minimum atomic E-state index is -0.0207. The topological polar surface area (TPSA) is 50.2 Å². The lowest BCUT2D eigenvalue weighted by molar-refractivity contribution is -0.119. The van der Waals surface area contributed by atoms with E-state index in [1.165, 1.54) is 0 Å². The number of rotatable bonds is 1. The Labute approximate surface area is 107 Å². The van der Waals surface area contributed by atoms with Gasteiger partial charge in [0, 0.05) is 13.1 Å². The maximum Gasteiger partial charge on any atom is 0.247 e. The number of piperidine rings is 1. The smallest absolute Gasteiger partial charge is 0.247 e. The Hall–Kier alpha value is -1.52. The molecule has 0 radical (unpaired) electrons. The lowest BCUT2D eigenvalue weighted by atomic mass is 9.89. The molecule has 18 heavy (non-hydrogen) atoms. The zero-order valence-electron chi connectivity index (χ0n) is 11.2. The summed E-state index contributed by atoms with van der Waals surface area (Å²) in [5.74, 6) is 1.65. The van der Waals surface area contributed by atoms with Crippen LogP contribution >= 0.6 is 0 Å². The van der Waals surface area contributed by atoms with Crippen molar-refractivity contribution in [2.24, 2.45) is 5.92 Å². The molecule has 0 saturated carbocycles. The maximum absolute atomic E-state index is 12.3. The number of nitrogens with zero attached hydrogens (tertiary/aromatic N) is 3. The second-order valence-electron chi connectivity index (χ2n) is 5.35. The van der Waals surface area contributed by atoms with Gasteiger partial charge in [0.25, 0.3) is 0 Å². The molecule has 3 rings (SSSR count). The quantitative estimate of drug-likeness (QED) is 0.824. The number of aryl methyl sites for hydroxylation is 2. The van der Waals surface area contributed by atoms with Crippen LogP contribution in [0.15, 0.2) is 0 Å². The van der Waals surface area contributed by atoms with E-state index in [1.54, 1.807) is 0 Å². The lowest BCUT2D eigenvalue weighted by Crippen LogP contribution is -2.55. The van der Waals surface area contributed by atoms with Gasteiger partial charge in [-0.1, -0.05) is 6.92 Å². The Morgan fingerprint density at radius 3 is 3.00 bits per heavy atom. The molecule has 0 bridgehead atoms. The number of amides is 1. The highest BCUT2D eigenvalue weighted by Gasteiger charge is 2.41. The van der Waals surface area contributed by atoms with Gasteiger partial charge in [-0.05, 0) is 32.6 Å². The second kappa shape index (κ2) is 4.00.